The number of nitrogens with one attached hydrogen (secondary N) is 2. The lowest BCUT2D eigenvalue weighted by atomic mass is 10.1. The normalized spacial score (nSPS) is 21.3. The Labute approximate surface area is 253 Å². The number of fused-ring (bicyclic) bond motifs is 1. The van der Waals surface area contributed by atoms with E-state index in [1.165, 1.54) is 11.9 Å². The van der Waals surface area contributed by atoms with Crippen molar-refractivity contribution in [3.8, 4) is 0 Å². The van der Waals surface area contributed by atoms with Crippen molar-refractivity contribution in [3.63, 3.8) is 0 Å². The van der Waals surface area contributed by atoms with E-state index in [1.54, 1.807) is 12.3 Å². The van der Waals surface area contributed by atoms with Crippen LogP contribution in [0.15, 0.2) is 36.8 Å². The van der Waals surface area contributed by atoms with E-state index >= 15 is 0 Å². The predicted octanol–water partition coefficient (Wildman–Crippen LogP) is 3.73. The molecule has 4 fully saturated rings. The lowest BCUT2D eigenvalue weighted by Gasteiger charge is -2.17. The highest BCUT2D eigenvalue weighted by Crippen LogP contribution is 2.47. The molecule has 4 aromatic heterocycles. The molecule has 13 nitrogen and oxygen atoms in total. The van der Waals surface area contributed by atoms with E-state index in [0.29, 0.717) is 59.4 Å². The number of imide groups is 1. The van der Waals surface area contributed by atoms with Gasteiger partial charge in [0.2, 0.25) is 11.8 Å². The highest BCUT2D eigenvalue weighted by atomic mass is 16.2. The quantitative estimate of drug-likeness (QED) is 0.277. The number of amides is 4. The van der Waals surface area contributed by atoms with Crippen LogP contribution in [-0.2, 0) is 16.1 Å². The Balaban J connectivity index is 1.02. The molecule has 3 saturated carbocycles. The molecule has 4 amide bonds. The molecule has 13 heteroatoms. The average molecular weight is 593 g/mol. The number of nitrogens with zero attached hydrogens (tertiary/aromatic N) is 8. The van der Waals surface area contributed by atoms with Gasteiger partial charge in [-0.2, -0.15) is 0 Å². The molecule has 2 unspecified atom stereocenters. The molecule has 44 heavy (non-hydrogen) atoms. The zero-order chi connectivity index (χ0) is 30.1. The smallest absolute Gasteiger partial charge is 0.331 e. The number of rotatable bonds is 9. The monoisotopic (exact) mass is 592 g/mol. The van der Waals surface area contributed by atoms with Crippen molar-refractivity contribution >= 4 is 40.8 Å². The minimum atomic E-state index is -0.348. The minimum absolute atomic E-state index is 0.00144. The van der Waals surface area contributed by atoms with E-state index in [9.17, 15) is 14.4 Å². The summed E-state index contributed by atoms with van der Waals surface area (Å²) in [4.78, 5) is 64.0. The van der Waals surface area contributed by atoms with Gasteiger partial charge in [0, 0.05) is 55.2 Å². The number of urea groups is 1. The zero-order valence-electron chi connectivity index (χ0n) is 24.5. The van der Waals surface area contributed by atoms with E-state index in [2.05, 4.69) is 31.8 Å². The molecule has 1 aliphatic heterocycles. The summed E-state index contributed by atoms with van der Waals surface area (Å²) in [6.45, 7) is 2.29. The Morgan fingerprint density at radius 1 is 0.977 bits per heavy atom. The Morgan fingerprint density at radius 3 is 2.50 bits per heavy atom. The topological polar surface area (TPSA) is 151 Å². The van der Waals surface area contributed by atoms with Crippen molar-refractivity contribution in [1.29, 1.82) is 0 Å². The standard InChI is InChI=1S/C31H32N10O3/c1-16-7-8-32-28(34-16)21-10-22(21)30(43)38-25-11-24(36-27(37-25)18-5-6-18)33-12-20-14-40-13-19(17-3-4-17)9-23(29(40)35-20)41-15-26(42)39(2)31(41)44/h7-9,11,13-14,17-18,21-22H,3-6,10,12,15H2,1-2H3,(H2,33,36,37,38,43). The fourth-order valence-corrected chi connectivity index (χ4v) is 5.82. The van der Waals surface area contributed by atoms with Crippen LogP contribution in [0.4, 0.5) is 22.1 Å². The lowest BCUT2D eigenvalue weighted by molar-refractivity contribution is -0.124. The molecule has 0 radical (unpaired) electrons. The largest absolute Gasteiger partial charge is 0.364 e. The summed E-state index contributed by atoms with van der Waals surface area (Å²) in [5.74, 6) is 2.75. The number of carbonyl (C=O) groups excluding carboxylic acids is 3. The average Bonchev–Trinajstić information content (AvgIpc) is 3.89. The molecule has 8 rings (SSSR count). The van der Waals surface area contributed by atoms with Crippen LogP contribution in [0.2, 0.25) is 0 Å². The van der Waals surface area contributed by atoms with Gasteiger partial charge in [0.1, 0.15) is 29.8 Å². The van der Waals surface area contributed by atoms with Crippen molar-refractivity contribution in [2.24, 2.45) is 5.92 Å². The van der Waals surface area contributed by atoms with Crippen LogP contribution >= 0.6 is 0 Å². The zero-order valence-corrected chi connectivity index (χ0v) is 24.5. The van der Waals surface area contributed by atoms with E-state index in [1.807, 2.05) is 29.7 Å². The minimum Gasteiger partial charge on any atom is -0.364 e. The number of aryl methyl sites for hydroxylation is 1. The summed E-state index contributed by atoms with van der Waals surface area (Å²) in [7, 11) is 1.50. The maximum absolute atomic E-state index is 13.1. The summed E-state index contributed by atoms with van der Waals surface area (Å²) >= 11 is 0. The maximum Gasteiger partial charge on any atom is 0.331 e. The van der Waals surface area contributed by atoms with E-state index in [4.69, 9.17) is 9.97 Å². The third-order valence-electron chi connectivity index (χ3n) is 8.79. The third kappa shape index (κ3) is 5.01. The molecule has 4 aliphatic rings. The number of carbonyl (C=O) groups is 3. The molecule has 1 saturated heterocycles. The maximum atomic E-state index is 13.1. The molecule has 0 spiro atoms. The summed E-state index contributed by atoms with van der Waals surface area (Å²) in [5, 5.41) is 6.36. The number of pyridine rings is 1. The van der Waals surface area contributed by atoms with Gasteiger partial charge in [-0.3, -0.25) is 19.4 Å². The molecule has 2 atom stereocenters. The van der Waals surface area contributed by atoms with Gasteiger partial charge in [-0.1, -0.05) is 0 Å². The SMILES string of the molecule is Cc1ccnc(C2CC2C(=O)Nc2cc(NCc3cn4cc(C5CC5)cc(N5CC(=O)N(C)C5=O)c4n3)nc(C3CC3)n2)n1. The summed E-state index contributed by atoms with van der Waals surface area (Å²) in [6.07, 6.45) is 10.7. The third-order valence-corrected chi connectivity index (χ3v) is 8.79. The summed E-state index contributed by atoms with van der Waals surface area (Å²) in [6, 6.07) is 5.25. The first-order valence-electron chi connectivity index (χ1n) is 15.1. The number of hydrogen-bond donors (Lipinski definition) is 2. The lowest BCUT2D eigenvalue weighted by Crippen LogP contribution is -2.30. The number of likely N-dealkylation sites (N-methyl/N-ethyl adjacent to an activating group) is 1. The molecule has 5 heterocycles. The number of hydrogen-bond acceptors (Lipinski definition) is 9. The van der Waals surface area contributed by atoms with Crippen LogP contribution in [0.1, 0.15) is 78.5 Å². The molecule has 4 aromatic rings. The predicted molar refractivity (Wildman–Crippen MR) is 160 cm³/mol. The van der Waals surface area contributed by atoms with Gasteiger partial charge >= 0.3 is 6.03 Å². The van der Waals surface area contributed by atoms with Gasteiger partial charge in [0.15, 0.2) is 5.65 Å². The van der Waals surface area contributed by atoms with E-state index < -0.39 is 0 Å². The molecule has 224 valence electrons. The highest BCUT2D eigenvalue weighted by molar-refractivity contribution is 6.13. The van der Waals surface area contributed by atoms with Gasteiger partial charge in [0.05, 0.1) is 17.9 Å². The van der Waals surface area contributed by atoms with Gasteiger partial charge in [0.25, 0.3) is 0 Å². The van der Waals surface area contributed by atoms with Gasteiger partial charge in [-0.15, -0.1) is 0 Å². The molecule has 2 N–H and O–H groups in total. The van der Waals surface area contributed by atoms with Crippen molar-refractivity contribution < 1.29 is 14.4 Å². The fourth-order valence-electron chi connectivity index (χ4n) is 5.82. The molecular formula is C31H32N10O3. The van der Waals surface area contributed by atoms with Crippen LogP contribution in [0.25, 0.3) is 5.65 Å². The first kappa shape index (κ1) is 26.7. The van der Waals surface area contributed by atoms with Gasteiger partial charge in [-0.25, -0.2) is 29.7 Å². The summed E-state index contributed by atoms with van der Waals surface area (Å²) < 4.78 is 1.95. The highest BCUT2D eigenvalue weighted by Gasteiger charge is 2.46. The Bertz CT molecular complexity index is 1850. The second-order valence-electron chi connectivity index (χ2n) is 12.3. The van der Waals surface area contributed by atoms with Gasteiger partial charge < -0.3 is 15.0 Å². The second kappa shape index (κ2) is 10.1. The van der Waals surface area contributed by atoms with E-state index in [-0.39, 0.29) is 36.2 Å². The van der Waals surface area contributed by atoms with Gasteiger partial charge in [-0.05, 0) is 62.6 Å². The Kier molecular flexibility index (Phi) is 6.10. The van der Waals surface area contributed by atoms with Crippen LogP contribution in [0.5, 0.6) is 0 Å². The van der Waals surface area contributed by atoms with Crippen molar-refractivity contribution in [3.05, 3.63) is 65.4 Å². The molecular weight excluding hydrogens is 560 g/mol. The van der Waals surface area contributed by atoms with Crippen LogP contribution in [0.3, 0.4) is 0 Å². The van der Waals surface area contributed by atoms with Crippen molar-refractivity contribution in [2.45, 2.75) is 63.3 Å². The van der Waals surface area contributed by atoms with Crippen LogP contribution in [-0.4, -0.2) is 65.7 Å². The number of anilines is 3. The van der Waals surface area contributed by atoms with Crippen LogP contribution < -0.4 is 15.5 Å². The fraction of sp³-hybridized carbons (Fsp3) is 0.419. The number of imidazole rings is 1. The van der Waals surface area contributed by atoms with E-state index in [0.717, 1.165) is 47.5 Å². The Hall–Kier alpha value is -4.94. The first-order valence-corrected chi connectivity index (χ1v) is 15.1. The Morgan fingerprint density at radius 2 is 1.77 bits per heavy atom. The van der Waals surface area contributed by atoms with Crippen molar-refractivity contribution in [2.75, 3.05) is 29.1 Å². The molecule has 3 aliphatic carbocycles. The first-order chi connectivity index (χ1) is 21.3. The second-order valence-corrected chi connectivity index (χ2v) is 12.3. The number of aromatic nitrogens is 6. The molecule has 0 aromatic carbocycles. The molecule has 0 bridgehead atoms. The summed E-state index contributed by atoms with van der Waals surface area (Å²) in [5.41, 5.74) is 4.03. The van der Waals surface area contributed by atoms with Crippen molar-refractivity contribution in [1.82, 2.24) is 34.2 Å². The van der Waals surface area contributed by atoms with Crippen LogP contribution in [0, 0.1) is 12.8 Å².